The van der Waals surface area contributed by atoms with Gasteiger partial charge >= 0.3 is 0 Å². The Kier molecular flexibility index (Phi) is 2.40. The van der Waals surface area contributed by atoms with Gasteiger partial charge in [0.05, 0.1) is 4.92 Å². The monoisotopic (exact) mass is 181 g/mol. The Bertz CT molecular complexity index is 386. The smallest absolute Gasteiger partial charge is 0.284 e. The molecule has 0 saturated carbocycles. The van der Waals surface area contributed by atoms with Crippen molar-refractivity contribution in [1.29, 1.82) is 5.26 Å². The van der Waals surface area contributed by atoms with E-state index in [1.807, 2.05) is 5.32 Å². The summed E-state index contributed by atoms with van der Waals surface area (Å²) >= 11 is 0. The first-order chi connectivity index (χ1) is 6.16. The van der Waals surface area contributed by atoms with Gasteiger partial charge < -0.3 is 0 Å². The summed E-state index contributed by atoms with van der Waals surface area (Å²) in [6.45, 7) is 0. The molecule has 0 aliphatic heterocycles. The number of anilines is 1. The van der Waals surface area contributed by atoms with E-state index >= 15 is 0 Å². The van der Waals surface area contributed by atoms with E-state index in [4.69, 9.17) is 5.26 Å². The van der Waals surface area contributed by atoms with E-state index in [2.05, 4.69) is 0 Å². The minimum Gasteiger partial charge on any atom is -0.284 e. The molecule has 1 aromatic rings. The first-order valence-electron chi connectivity index (χ1n) is 3.25. The van der Waals surface area contributed by atoms with Crippen LogP contribution in [-0.4, -0.2) is 4.92 Å². The molecule has 0 saturated heterocycles. The zero-order chi connectivity index (χ0) is 9.84. The van der Waals surface area contributed by atoms with E-state index < -0.39 is 22.1 Å². The van der Waals surface area contributed by atoms with Gasteiger partial charge in [0, 0.05) is 6.07 Å². The van der Waals surface area contributed by atoms with Crippen molar-refractivity contribution in [3.8, 4) is 6.19 Å². The molecule has 1 N–H and O–H groups in total. The number of halogens is 1. The van der Waals surface area contributed by atoms with E-state index in [0.29, 0.717) is 0 Å². The largest absolute Gasteiger partial charge is 0.296 e. The molecule has 13 heavy (non-hydrogen) atoms. The van der Waals surface area contributed by atoms with Crippen LogP contribution < -0.4 is 5.32 Å². The molecule has 0 spiro atoms. The Hall–Kier alpha value is -2.16. The van der Waals surface area contributed by atoms with Crippen molar-refractivity contribution in [3.63, 3.8) is 0 Å². The van der Waals surface area contributed by atoms with Gasteiger partial charge in [-0.1, -0.05) is 6.07 Å². The van der Waals surface area contributed by atoms with Crippen LogP contribution in [0.1, 0.15) is 0 Å². The van der Waals surface area contributed by atoms with Crippen molar-refractivity contribution >= 4 is 11.4 Å². The number of benzene rings is 1. The highest BCUT2D eigenvalue weighted by molar-refractivity contribution is 5.63. The first kappa shape index (κ1) is 8.93. The zero-order valence-electron chi connectivity index (χ0n) is 6.32. The lowest BCUT2D eigenvalue weighted by Crippen LogP contribution is -1.98. The van der Waals surface area contributed by atoms with Gasteiger partial charge in [0.1, 0.15) is 0 Å². The van der Waals surface area contributed by atoms with E-state index in [1.54, 1.807) is 0 Å². The van der Waals surface area contributed by atoms with E-state index in [1.165, 1.54) is 12.3 Å². The normalized spacial score (nSPS) is 8.92. The van der Waals surface area contributed by atoms with Crippen molar-refractivity contribution in [1.82, 2.24) is 0 Å². The molecule has 0 aliphatic carbocycles. The van der Waals surface area contributed by atoms with Gasteiger partial charge in [0.25, 0.3) is 5.69 Å². The van der Waals surface area contributed by atoms with Gasteiger partial charge in [-0.05, 0) is 6.07 Å². The Morgan fingerprint density at radius 2 is 2.31 bits per heavy atom. The fourth-order valence-corrected chi connectivity index (χ4v) is 0.845. The van der Waals surface area contributed by atoms with Gasteiger partial charge in [-0.3, -0.25) is 15.4 Å². The van der Waals surface area contributed by atoms with Gasteiger partial charge in [-0.2, -0.15) is 5.26 Å². The molecule has 0 atom stereocenters. The highest BCUT2D eigenvalue weighted by atomic mass is 19.1. The third-order valence-corrected chi connectivity index (χ3v) is 1.37. The summed E-state index contributed by atoms with van der Waals surface area (Å²) in [6.07, 6.45) is 1.43. The van der Waals surface area contributed by atoms with Crippen LogP contribution in [0.5, 0.6) is 0 Å². The zero-order valence-corrected chi connectivity index (χ0v) is 6.32. The molecule has 5 nitrogen and oxygen atoms in total. The topological polar surface area (TPSA) is 79.0 Å². The molecule has 0 amide bonds. The van der Waals surface area contributed by atoms with Crippen molar-refractivity contribution in [3.05, 3.63) is 34.1 Å². The number of nitro groups is 1. The summed E-state index contributed by atoms with van der Waals surface area (Å²) in [5, 5.41) is 20.5. The maximum absolute atomic E-state index is 12.9. The van der Waals surface area contributed by atoms with Crippen LogP contribution in [0.2, 0.25) is 0 Å². The SMILES string of the molecule is N#CNc1c(F)cccc1[N+](=O)[O-]. The maximum atomic E-state index is 12.9. The van der Waals surface area contributed by atoms with Crippen LogP contribution in [0.3, 0.4) is 0 Å². The van der Waals surface area contributed by atoms with Crippen molar-refractivity contribution in [2.75, 3.05) is 5.32 Å². The molecule has 0 bridgehead atoms. The predicted octanol–water partition coefficient (Wildman–Crippen LogP) is 1.63. The molecule has 0 aromatic heterocycles. The maximum Gasteiger partial charge on any atom is 0.296 e. The molecular weight excluding hydrogens is 177 g/mol. The second-order valence-corrected chi connectivity index (χ2v) is 2.13. The molecule has 6 heteroatoms. The lowest BCUT2D eigenvalue weighted by Gasteiger charge is -1.99. The molecule has 0 unspecified atom stereocenters. The fourth-order valence-electron chi connectivity index (χ4n) is 0.845. The van der Waals surface area contributed by atoms with Crippen molar-refractivity contribution in [2.45, 2.75) is 0 Å². The van der Waals surface area contributed by atoms with Crippen LogP contribution in [-0.2, 0) is 0 Å². The molecule has 0 radical (unpaired) electrons. The Morgan fingerprint density at radius 1 is 1.62 bits per heavy atom. The van der Waals surface area contributed by atoms with Gasteiger partial charge in [-0.25, -0.2) is 4.39 Å². The summed E-state index contributed by atoms with van der Waals surface area (Å²) in [5.74, 6) is -0.823. The molecule has 1 aromatic carbocycles. The Morgan fingerprint density at radius 3 is 2.85 bits per heavy atom. The Balaban J connectivity index is 3.27. The summed E-state index contributed by atoms with van der Waals surface area (Å²) < 4.78 is 12.9. The third kappa shape index (κ3) is 1.70. The van der Waals surface area contributed by atoms with Gasteiger partial charge in [0.15, 0.2) is 17.7 Å². The molecule has 0 heterocycles. The van der Waals surface area contributed by atoms with E-state index in [9.17, 15) is 14.5 Å². The number of nitrogens with one attached hydrogen (secondary N) is 1. The van der Waals surface area contributed by atoms with Crippen LogP contribution in [0, 0.1) is 27.4 Å². The minimum atomic E-state index is -0.823. The average Bonchev–Trinajstić information content (AvgIpc) is 2.08. The molecule has 0 fully saturated rings. The number of para-hydroxylation sites is 1. The number of rotatable bonds is 2. The molecule has 66 valence electrons. The number of hydrogen-bond donors (Lipinski definition) is 1. The van der Waals surface area contributed by atoms with Crippen LogP contribution in [0.4, 0.5) is 15.8 Å². The van der Waals surface area contributed by atoms with Crippen LogP contribution in [0.25, 0.3) is 0 Å². The Labute approximate surface area is 72.6 Å². The standard InChI is InChI=1S/C7H4FN3O2/c8-5-2-1-3-6(11(12)13)7(5)10-4-9/h1-3,10H. The van der Waals surface area contributed by atoms with E-state index in [-0.39, 0.29) is 0 Å². The highest BCUT2D eigenvalue weighted by Gasteiger charge is 2.16. The summed E-state index contributed by atoms with van der Waals surface area (Å²) in [5.41, 5.74) is -0.864. The average molecular weight is 181 g/mol. The van der Waals surface area contributed by atoms with E-state index in [0.717, 1.165) is 12.1 Å². The number of nitriles is 1. The fraction of sp³-hybridized carbons (Fsp3) is 0. The predicted molar refractivity (Wildman–Crippen MR) is 42.3 cm³/mol. The third-order valence-electron chi connectivity index (χ3n) is 1.37. The number of hydrogen-bond acceptors (Lipinski definition) is 4. The van der Waals surface area contributed by atoms with Crippen LogP contribution >= 0.6 is 0 Å². The molecule has 0 aliphatic rings. The molecular formula is C7H4FN3O2. The second-order valence-electron chi connectivity index (χ2n) is 2.13. The van der Waals surface area contributed by atoms with Gasteiger partial charge in [0.2, 0.25) is 0 Å². The van der Waals surface area contributed by atoms with Gasteiger partial charge in [-0.15, -0.1) is 0 Å². The highest BCUT2D eigenvalue weighted by Crippen LogP contribution is 2.26. The van der Waals surface area contributed by atoms with Crippen LogP contribution in [0.15, 0.2) is 18.2 Å². The number of nitrogens with zero attached hydrogens (tertiary/aromatic N) is 2. The summed E-state index contributed by atoms with van der Waals surface area (Å²) in [4.78, 5) is 9.58. The van der Waals surface area contributed by atoms with Crippen molar-refractivity contribution < 1.29 is 9.31 Å². The minimum absolute atomic E-state index is 0.407. The lowest BCUT2D eigenvalue weighted by atomic mass is 10.2. The lowest BCUT2D eigenvalue weighted by molar-refractivity contribution is -0.384. The number of nitro benzene ring substituents is 1. The summed E-state index contributed by atoms with van der Waals surface area (Å²) in [7, 11) is 0. The quantitative estimate of drug-likeness (QED) is 0.325. The first-order valence-corrected chi connectivity index (χ1v) is 3.25. The second kappa shape index (κ2) is 3.49. The molecule has 1 rings (SSSR count). The summed E-state index contributed by atoms with van der Waals surface area (Å²) in [6, 6.07) is 3.35. The van der Waals surface area contributed by atoms with Crippen molar-refractivity contribution in [2.24, 2.45) is 0 Å².